The number of carbonyl (C=O) groups excluding carboxylic acids is 2. The number of halogens is 2. The van der Waals surface area contributed by atoms with Crippen molar-refractivity contribution < 1.29 is 14.3 Å². The lowest BCUT2D eigenvalue weighted by atomic mass is 10.0. The molecule has 0 saturated carbocycles. The summed E-state index contributed by atoms with van der Waals surface area (Å²) in [5.41, 5.74) is 1.78. The number of benzene rings is 3. The fourth-order valence-corrected chi connectivity index (χ4v) is 4.08. The van der Waals surface area contributed by atoms with Gasteiger partial charge in [0, 0.05) is 25.9 Å². The predicted molar refractivity (Wildman–Crippen MR) is 141 cm³/mol. The Morgan fingerprint density at radius 3 is 2.26 bits per heavy atom. The van der Waals surface area contributed by atoms with Crippen molar-refractivity contribution in [3.63, 3.8) is 0 Å². The molecule has 0 saturated heterocycles. The Morgan fingerprint density at radius 2 is 1.60 bits per heavy atom. The fraction of sp³-hybridized carbons (Fsp3) is 0.286. The summed E-state index contributed by atoms with van der Waals surface area (Å²) in [6.07, 6.45) is 1.18. The van der Waals surface area contributed by atoms with E-state index in [1.807, 2.05) is 73.7 Å². The summed E-state index contributed by atoms with van der Waals surface area (Å²) in [4.78, 5) is 28.3. The molecule has 3 rings (SSSR count). The maximum atomic E-state index is 13.5. The second-order valence-corrected chi connectivity index (χ2v) is 8.95. The minimum atomic E-state index is -0.672. The summed E-state index contributed by atoms with van der Waals surface area (Å²) < 4.78 is 5.74. The van der Waals surface area contributed by atoms with Crippen molar-refractivity contribution in [2.45, 2.75) is 38.8 Å². The van der Waals surface area contributed by atoms with Gasteiger partial charge in [-0.05, 0) is 48.7 Å². The molecule has 3 aromatic rings. The highest BCUT2D eigenvalue weighted by Crippen LogP contribution is 2.24. The Morgan fingerprint density at radius 1 is 0.914 bits per heavy atom. The normalized spacial score (nSPS) is 11.5. The van der Waals surface area contributed by atoms with Gasteiger partial charge in [-0.15, -0.1) is 0 Å². The van der Waals surface area contributed by atoms with Gasteiger partial charge < -0.3 is 15.0 Å². The van der Waals surface area contributed by atoms with Crippen molar-refractivity contribution in [1.29, 1.82) is 0 Å². The Balaban J connectivity index is 1.79. The quantitative estimate of drug-likeness (QED) is 0.306. The summed E-state index contributed by atoms with van der Waals surface area (Å²) in [5, 5.41) is 3.74. The van der Waals surface area contributed by atoms with Crippen molar-refractivity contribution >= 4 is 35.0 Å². The minimum absolute atomic E-state index is 0.125. The van der Waals surface area contributed by atoms with Crippen LogP contribution in [0.15, 0.2) is 78.9 Å². The summed E-state index contributed by atoms with van der Waals surface area (Å²) in [6.45, 7) is 2.98. The zero-order valence-corrected chi connectivity index (χ0v) is 21.3. The monoisotopic (exact) mass is 512 g/mol. The van der Waals surface area contributed by atoms with Gasteiger partial charge in [-0.3, -0.25) is 9.59 Å². The number of carbonyl (C=O) groups is 2. The molecule has 1 N–H and O–H groups in total. The molecule has 0 aliphatic rings. The number of rotatable bonds is 12. The molecule has 2 amide bonds. The van der Waals surface area contributed by atoms with E-state index >= 15 is 0 Å². The lowest BCUT2D eigenvalue weighted by Gasteiger charge is -2.31. The molecule has 0 bridgehead atoms. The van der Waals surface area contributed by atoms with Gasteiger partial charge in [-0.1, -0.05) is 77.8 Å². The number of hydrogen-bond donors (Lipinski definition) is 1. The van der Waals surface area contributed by atoms with Crippen LogP contribution in [-0.2, 0) is 22.6 Å². The Labute approximate surface area is 217 Å². The third-order valence-electron chi connectivity index (χ3n) is 5.51. The van der Waals surface area contributed by atoms with Crippen LogP contribution in [0.25, 0.3) is 0 Å². The molecule has 0 radical (unpaired) electrons. The third-order valence-corrected chi connectivity index (χ3v) is 6.24. The van der Waals surface area contributed by atoms with Crippen LogP contribution < -0.4 is 10.1 Å². The number of likely N-dealkylation sites (N-methyl/N-ethyl adjacent to an activating group) is 1. The maximum Gasteiger partial charge on any atom is 0.243 e. The van der Waals surface area contributed by atoms with Gasteiger partial charge in [0.25, 0.3) is 0 Å². The van der Waals surface area contributed by atoms with E-state index in [1.165, 1.54) is 0 Å². The summed E-state index contributed by atoms with van der Waals surface area (Å²) in [5.74, 6) is 0.446. The summed E-state index contributed by atoms with van der Waals surface area (Å²) in [7, 11) is 0. The topological polar surface area (TPSA) is 58.6 Å². The number of ether oxygens (including phenoxy) is 1. The molecule has 0 aromatic heterocycles. The van der Waals surface area contributed by atoms with Crippen LogP contribution in [0.4, 0.5) is 0 Å². The molecule has 0 spiro atoms. The summed E-state index contributed by atoms with van der Waals surface area (Å²) >= 11 is 12.3. The van der Waals surface area contributed by atoms with E-state index < -0.39 is 6.04 Å². The van der Waals surface area contributed by atoms with Crippen LogP contribution >= 0.6 is 23.2 Å². The molecule has 35 heavy (non-hydrogen) atoms. The highest BCUT2D eigenvalue weighted by molar-refractivity contribution is 6.42. The second-order valence-electron chi connectivity index (χ2n) is 8.14. The summed E-state index contributed by atoms with van der Waals surface area (Å²) in [6, 6.07) is 23.8. The third kappa shape index (κ3) is 8.30. The van der Waals surface area contributed by atoms with Crippen LogP contribution in [0.3, 0.4) is 0 Å². The molecular weight excluding hydrogens is 483 g/mol. The van der Waals surface area contributed by atoms with Gasteiger partial charge in [0.05, 0.1) is 16.7 Å². The number of nitrogens with zero attached hydrogens (tertiary/aromatic N) is 1. The molecule has 1 atom stereocenters. The average molecular weight is 513 g/mol. The van der Waals surface area contributed by atoms with Crippen LogP contribution in [0.2, 0.25) is 10.0 Å². The highest BCUT2D eigenvalue weighted by Gasteiger charge is 2.30. The van der Waals surface area contributed by atoms with Crippen molar-refractivity contribution in [1.82, 2.24) is 10.2 Å². The van der Waals surface area contributed by atoms with Crippen LogP contribution in [-0.4, -0.2) is 35.9 Å². The SMILES string of the molecule is CCNC(=O)[C@H](Cc1ccccc1)N(Cc1ccc(Cl)c(Cl)c1)C(=O)CCCOc1ccccc1. The number of hydrogen-bond acceptors (Lipinski definition) is 3. The molecule has 0 unspecified atom stereocenters. The van der Waals surface area contributed by atoms with Crippen molar-refractivity contribution in [2.75, 3.05) is 13.2 Å². The number of nitrogens with one attached hydrogen (secondary N) is 1. The van der Waals surface area contributed by atoms with Crippen LogP contribution in [0.5, 0.6) is 5.75 Å². The Kier molecular flexibility index (Phi) is 10.5. The first-order valence-electron chi connectivity index (χ1n) is 11.7. The van der Waals surface area contributed by atoms with Crippen molar-refractivity contribution in [3.05, 3.63) is 100 Å². The second kappa shape index (κ2) is 13.8. The molecule has 7 heteroatoms. The fourth-order valence-electron chi connectivity index (χ4n) is 3.75. The van der Waals surface area contributed by atoms with Gasteiger partial charge in [-0.2, -0.15) is 0 Å². The van der Waals surface area contributed by atoms with Crippen LogP contribution in [0, 0.1) is 0 Å². The Bertz CT molecular complexity index is 1090. The first kappa shape index (κ1) is 26.6. The smallest absolute Gasteiger partial charge is 0.243 e. The van der Waals surface area contributed by atoms with Gasteiger partial charge in [0.2, 0.25) is 11.8 Å². The molecule has 0 aliphatic carbocycles. The molecule has 0 heterocycles. The zero-order valence-electron chi connectivity index (χ0n) is 19.8. The molecule has 0 aliphatic heterocycles. The van der Waals surface area contributed by atoms with E-state index in [-0.39, 0.29) is 24.8 Å². The first-order chi connectivity index (χ1) is 17.0. The van der Waals surface area contributed by atoms with Gasteiger partial charge >= 0.3 is 0 Å². The molecule has 184 valence electrons. The lowest BCUT2D eigenvalue weighted by Crippen LogP contribution is -2.50. The predicted octanol–water partition coefficient (Wildman–Crippen LogP) is 5.93. The van der Waals surface area contributed by atoms with Crippen LogP contribution in [0.1, 0.15) is 30.9 Å². The average Bonchev–Trinajstić information content (AvgIpc) is 2.87. The largest absolute Gasteiger partial charge is 0.494 e. The van der Waals surface area contributed by atoms with E-state index in [9.17, 15) is 9.59 Å². The lowest BCUT2D eigenvalue weighted by molar-refractivity contribution is -0.141. The Hall–Kier alpha value is -3.02. The first-order valence-corrected chi connectivity index (χ1v) is 12.5. The van der Waals surface area contributed by atoms with Crippen molar-refractivity contribution in [3.8, 4) is 5.75 Å². The minimum Gasteiger partial charge on any atom is -0.494 e. The van der Waals surface area contributed by atoms with E-state index in [2.05, 4.69) is 5.32 Å². The van der Waals surface area contributed by atoms with E-state index in [0.717, 1.165) is 16.9 Å². The van der Waals surface area contributed by atoms with Gasteiger partial charge in [-0.25, -0.2) is 0 Å². The highest BCUT2D eigenvalue weighted by atomic mass is 35.5. The van der Waals surface area contributed by atoms with E-state index in [4.69, 9.17) is 27.9 Å². The van der Waals surface area contributed by atoms with Crippen molar-refractivity contribution in [2.24, 2.45) is 0 Å². The molecular formula is C28H30Cl2N2O3. The number of amides is 2. The maximum absolute atomic E-state index is 13.5. The molecule has 0 fully saturated rings. The zero-order chi connectivity index (χ0) is 25.0. The van der Waals surface area contributed by atoms with E-state index in [1.54, 1.807) is 17.0 Å². The van der Waals surface area contributed by atoms with E-state index in [0.29, 0.717) is 36.0 Å². The molecule has 3 aromatic carbocycles. The number of para-hydroxylation sites is 1. The standard InChI is InChI=1S/C28H30Cl2N2O3/c1-2-31-28(34)26(19-21-10-5-3-6-11-21)32(20-22-15-16-24(29)25(30)18-22)27(33)14-9-17-35-23-12-7-4-8-13-23/h3-8,10-13,15-16,18,26H,2,9,14,17,19-20H2,1H3,(H,31,34)/t26-/m0/s1. The molecule has 5 nitrogen and oxygen atoms in total. The van der Waals surface area contributed by atoms with Gasteiger partial charge in [0.1, 0.15) is 11.8 Å². The van der Waals surface area contributed by atoms with Gasteiger partial charge in [0.15, 0.2) is 0 Å².